The Hall–Kier alpha value is -1.42. The van der Waals surface area contributed by atoms with Gasteiger partial charge in [-0.3, -0.25) is 0 Å². The van der Waals surface area contributed by atoms with E-state index in [0.29, 0.717) is 30.3 Å². The van der Waals surface area contributed by atoms with Crippen molar-refractivity contribution in [3.05, 3.63) is 17.7 Å². The van der Waals surface area contributed by atoms with Crippen LogP contribution in [-0.2, 0) is 6.54 Å². The number of phenolic OH excluding ortho intramolecular Hbond substituents is 1. The van der Waals surface area contributed by atoms with Gasteiger partial charge < -0.3 is 20.3 Å². The van der Waals surface area contributed by atoms with Crippen molar-refractivity contribution < 1.29 is 14.6 Å². The molecule has 76 valence electrons. The highest BCUT2D eigenvalue weighted by Gasteiger charge is 2.16. The van der Waals surface area contributed by atoms with Crippen LogP contribution in [0.2, 0.25) is 0 Å². The first-order valence-corrected chi connectivity index (χ1v) is 4.63. The Morgan fingerprint density at radius 1 is 1.29 bits per heavy atom. The van der Waals surface area contributed by atoms with Crippen LogP contribution in [0.25, 0.3) is 0 Å². The highest BCUT2D eigenvalue weighted by molar-refractivity contribution is 5.53. The van der Waals surface area contributed by atoms with Crippen molar-refractivity contribution in [3.63, 3.8) is 0 Å². The van der Waals surface area contributed by atoms with Crippen LogP contribution in [0.15, 0.2) is 12.1 Å². The maximum absolute atomic E-state index is 9.54. The minimum Gasteiger partial charge on any atom is -0.507 e. The van der Waals surface area contributed by atoms with E-state index in [1.54, 1.807) is 12.1 Å². The summed E-state index contributed by atoms with van der Waals surface area (Å²) in [5.41, 5.74) is 6.15. The lowest BCUT2D eigenvalue weighted by atomic mass is 10.1. The predicted octanol–water partition coefficient (Wildman–Crippen LogP) is 1.01. The summed E-state index contributed by atoms with van der Waals surface area (Å²) in [6.45, 7) is 1.49. The van der Waals surface area contributed by atoms with Gasteiger partial charge in [0.25, 0.3) is 0 Å². The van der Waals surface area contributed by atoms with Crippen molar-refractivity contribution in [2.45, 2.75) is 13.0 Å². The molecule has 0 amide bonds. The second kappa shape index (κ2) is 3.75. The first-order chi connectivity index (χ1) is 6.83. The molecule has 2 rings (SSSR count). The number of rotatable bonds is 1. The molecule has 4 nitrogen and oxygen atoms in total. The van der Waals surface area contributed by atoms with E-state index >= 15 is 0 Å². The largest absolute Gasteiger partial charge is 0.507 e. The molecule has 1 aliphatic rings. The van der Waals surface area contributed by atoms with Crippen molar-refractivity contribution in [1.29, 1.82) is 0 Å². The van der Waals surface area contributed by atoms with Gasteiger partial charge in [0, 0.05) is 13.0 Å². The number of nitrogens with two attached hydrogens (primary N) is 1. The Morgan fingerprint density at radius 2 is 2.07 bits per heavy atom. The van der Waals surface area contributed by atoms with Crippen LogP contribution in [-0.4, -0.2) is 18.3 Å². The molecule has 0 fully saturated rings. The molecule has 0 saturated carbocycles. The third-order valence-corrected chi connectivity index (χ3v) is 2.20. The summed E-state index contributed by atoms with van der Waals surface area (Å²) in [6, 6.07) is 3.28. The smallest absolute Gasteiger partial charge is 0.169 e. The van der Waals surface area contributed by atoms with Crippen LogP contribution < -0.4 is 15.2 Å². The summed E-state index contributed by atoms with van der Waals surface area (Å²) in [5.74, 6) is 1.42. The molecule has 3 N–H and O–H groups in total. The molecule has 1 heterocycles. The van der Waals surface area contributed by atoms with Crippen LogP contribution in [0.3, 0.4) is 0 Å². The van der Waals surface area contributed by atoms with Crippen molar-refractivity contribution >= 4 is 0 Å². The average Bonchev–Trinajstić information content (AvgIpc) is 2.42. The van der Waals surface area contributed by atoms with Crippen LogP contribution in [0, 0.1) is 0 Å². The fourth-order valence-electron chi connectivity index (χ4n) is 1.48. The number of ether oxygens (including phenoxy) is 2. The molecule has 0 aromatic heterocycles. The number of benzene rings is 1. The van der Waals surface area contributed by atoms with E-state index in [1.807, 2.05) is 0 Å². The lowest BCUT2D eigenvalue weighted by Gasteiger charge is -2.12. The van der Waals surface area contributed by atoms with Crippen molar-refractivity contribution in [1.82, 2.24) is 0 Å². The molecule has 0 aliphatic carbocycles. The average molecular weight is 195 g/mol. The molecule has 0 bridgehead atoms. The van der Waals surface area contributed by atoms with Gasteiger partial charge in [0.2, 0.25) is 0 Å². The van der Waals surface area contributed by atoms with Crippen LogP contribution in [0.5, 0.6) is 17.2 Å². The fourth-order valence-corrected chi connectivity index (χ4v) is 1.48. The number of phenols is 1. The van der Waals surface area contributed by atoms with Crippen molar-refractivity contribution in [2.75, 3.05) is 13.2 Å². The van der Waals surface area contributed by atoms with Crippen LogP contribution >= 0.6 is 0 Å². The summed E-state index contributed by atoms with van der Waals surface area (Å²) < 4.78 is 10.9. The van der Waals surface area contributed by atoms with Crippen molar-refractivity contribution in [3.8, 4) is 17.2 Å². The zero-order valence-electron chi connectivity index (χ0n) is 7.82. The molecule has 1 aliphatic heterocycles. The van der Waals surface area contributed by atoms with E-state index in [-0.39, 0.29) is 12.3 Å². The van der Waals surface area contributed by atoms with Gasteiger partial charge in [0.1, 0.15) is 5.75 Å². The quantitative estimate of drug-likeness (QED) is 0.702. The lowest BCUT2D eigenvalue weighted by molar-refractivity contribution is 0.296. The number of aromatic hydroxyl groups is 1. The molecule has 14 heavy (non-hydrogen) atoms. The molecule has 1 aromatic carbocycles. The van der Waals surface area contributed by atoms with Gasteiger partial charge in [-0.25, -0.2) is 0 Å². The molecule has 0 atom stereocenters. The highest BCUT2D eigenvalue weighted by Crippen LogP contribution is 2.37. The summed E-state index contributed by atoms with van der Waals surface area (Å²) in [5, 5.41) is 9.54. The molecular weight excluding hydrogens is 182 g/mol. The van der Waals surface area contributed by atoms with Gasteiger partial charge in [0.05, 0.1) is 18.8 Å². The van der Waals surface area contributed by atoms with Gasteiger partial charge in [-0.2, -0.15) is 0 Å². The van der Waals surface area contributed by atoms with Crippen LogP contribution in [0.1, 0.15) is 12.0 Å². The molecular formula is C10H13NO3. The van der Waals surface area contributed by atoms with E-state index in [0.717, 1.165) is 6.42 Å². The molecule has 0 radical (unpaired) electrons. The molecule has 0 unspecified atom stereocenters. The van der Waals surface area contributed by atoms with Gasteiger partial charge in [-0.15, -0.1) is 0 Å². The van der Waals surface area contributed by atoms with Crippen LogP contribution in [0.4, 0.5) is 0 Å². The Morgan fingerprint density at radius 3 is 2.86 bits per heavy atom. The number of hydrogen-bond acceptors (Lipinski definition) is 4. The van der Waals surface area contributed by atoms with E-state index in [4.69, 9.17) is 15.2 Å². The number of fused-ring (bicyclic) bond motifs is 1. The molecule has 1 aromatic rings. The monoisotopic (exact) mass is 195 g/mol. The Kier molecular flexibility index (Phi) is 2.45. The normalized spacial score (nSPS) is 14.9. The van der Waals surface area contributed by atoms with E-state index in [9.17, 15) is 5.11 Å². The third kappa shape index (κ3) is 1.48. The summed E-state index contributed by atoms with van der Waals surface area (Å²) in [6.07, 6.45) is 0.847. The predicted molar refractivity (Wildman–Crippen MR) is 51.6 cm³/mol. The molecule has 0 spiro atoms. The van der Waals surface area contributed by atoms with E-state index in [2.05, 4.69) is 0 Å². The summed E-state index contributed by atoms with van der Waals surface area (Å²) in [4.78, 5) is 0. The van der Waals surface area contributed by atoms with Crippen molar-refractivity contribution in [2.24, 2.45) is 5.73 Å². The second-order valence-electron chi connectivity index (χ2n) is 3.15. The standard InChI is InChI=1S/C10H13NO3/c11-6-7-8(12)2-3-9-10(7)14-5-1-4-13-9/h2-3,12H,1,4-6,11H2. The molecule has 0 saturated heterocycles. The maximum atomic E-state index is 9.54. The highest BCUT2D eigenvalue weighted by atomic mass is 16.5. The second-order valence-corrected chi connectivity index (χ2v) is 3.15. The SMILES string of the molecule is NCc1c(O)ccc2c1OCCCO2. The maximum Gasteiger partial charge on any atom is 0.169 e. The van der Waals surface area contributed by atoms with Gasteiger partial charge >= 0.3 is 0 Å². The summed E-state index contributed by atoms with van der Waals surface area (Å²) in [7, 11) is 0. The third-order valence-electron chi connectivity index (χ3n) is 2.20. The van der Waals surface area contributed by atoms with Gasteiger partial charge in [0.15, 0.2) is 11.5 Å². The number of hydrogen-bond donors (Lipinski definition) is 2. The fraction of sp³-hybridized carbons (Fsp3) is 0.400. The molecule has 4 heteroatoms. The Bertz CT molecular complexity index is 338. The summed E-state index contributed by atoms with van der Waals surface area (Å²) >= 11 is 0. The topological polar surface area (TPSA) is 64.7 Å². The minimum absolute atomic E-state index is 0.164. The first kappa shape index (κ1) is 9.15. The van der Waals surface area contributed by atoms with E-state index < -0.39 is 0 Å². The van der Waals surface area contributed by atoms with Gasteiger partial charge in [-0.05, 0) is 12.1 Å². The van der Waals surface area contributed by atoms with Gasteiger partial charge in [-0.1, -0.05) is 0 Å². The Labute approximate surface area is 82.2 Å². The zero-order chi connectivity index (χ0) is 9.97. The lowest BCUT2D eigenvalue weighted by Crippen LogP contribution is -2.02. The minimum atomic E-state index is 0.164. The Balaban J connectivity index is 2.48. The van der Waals surface area contributed by atoms with E-state index in [1.165, 1.54) is 0 Å². The zero-order valence-corrected chi connectivity index (χ0v) is 7.82. The first-order valence-electron chi connectivity index (χ1n) is 4.63.